The molecule has 2 aliphatic rings. The molecule has 1 aromatic rings. The van der Waals surface area contributed by atoms with Gasteiger partial charge in [-0.05, 0) is 31.9 Å². The quantitative estimate of drug-likeness (QED) is 0.834. The van der Waals surface area contributed by atoms with Crippen molar-refractivity contribution in [1.82, 2.24) is 5.32 Å². The van der Waals surface area contributed by atoms with Crippen LogP contribution in [0, 0.1) is 5.92 Å². The number of rotatable bonds is 5. The molecule has 1 N–H and O–H groups in total. The van der Waals surface area contributed by atoms with Crippen LogP contribution in [0.4, 0.5) is 5.69 Å². The molecule has 5 nitrogen and oxygen atoms in total. The van der Waals surface area contributed by atoms with E-state index < -0.39 is 0 Å². The Kier molecular flexibility index (Phi) is 5.95. The minimum atomic E-state index is -0.273. The first-order valence-corrected chi connectivity index (χ1v) is 9.51. The second-order valence-corrected chi connectivity index (χ2v) is 7.00. The molecule has 1 aliphatic carbocycles. The lowest BCUT2D eigenvalue weighted by molar-refractivity contribution is -0.127. The third-order valence-electron chi connectivity index (χ3n) is 5.15. The zero-order valence-corrected chi connectivity index (χ0v) is 15.0. The van der Waals surface area contributed by atoms with Crippen LogP contribution in [0.3, 0.4) is 0 Å². The Morgan fingerprint density at radius 2 is 1.92 bits per heavy atom. The fraction of sp³-hybridized carbons (Fsp3) is 0.600. The average Bonchev–Trinajstić information content (AvgIpc) is 2.82. The van der Waals surface area contributed by atoms with Crippen LogP contribution in [-0.4, -0.2) is 31.0 Å². The van der Waals surface area contributed by atoms with Crippen LogP contribution in [0.1, 0.15) is 51.9 Å². The third-order valence-corrected chi connectivity index (χ3v) is 5.15. The molecule has 25 heavy (non-hydrogen) atoms. The SMILES string of the molecule is CCOc1ccccc1N1C[C@@H](C(=O)NC2CCCCCC2)CC1=O. The molecular weight excluding hydrogens is 316 g/mol. The standard InChI is InChI=1S/C20H28N2O3/c1-2-25-18-12-8-7-11-17(18)22-14-15(13-19(22)23)20(24)21-16-9-5-3-4-6-10-16/h7-8,11-12,15-16H,2-6,9-10,13-14H2,1H3,(H,21,24)/t15-/m0/s1. The fourth-order valence-corrected chi connectivity index (χ4v) is 3.82. The lowest BCUT2D eigenvalue weighted by Crippen LogP contribution is -2.39. The number of ether oxygens (including phenoxy) is 1. The Hall–Kier alpha value is -2.04. The molecule has 1 aliphatic heterocycles. The largest absolute Gasteiger partial charge is 0.492 e. The summed E-state index contributed by atoms with van der Waals surface area (Å²) in [5.41, 5.74) is 0.763. The minimum absolute atomic E-state index is 0.00632. The molecule has 136 valence electrons. The molecule has 3 rings (SSSR count). The van der Waals surface area contributed by atoms with E-state index in [1.165, 1.54) is 25.7 Å². The molecule has 2 fully saturated rings. The summed E-state index contributed by atoms with van der Waals surface area (Å²) in [6.45, 7) is 2.90. The van der Waals surface area contributed by atoms with Gasteiger partial charge in [-0.25, -0.2) is 0 Å². The van der Waals surface area contributed by atoms with Crippen molar-refractivity contribution in [2.45, 2.75) is 57.9 Å². The van der Waals surface area contributed by atoms with Crippen LogP contribution >= 0.6 is 0 Å². The maximum absolute atomic E-state index is 12.6. The van der Waals surface area contributed by atoms with Crippen LogP contribution in [0.5, 0.6) is 5.75 Å². The highest BCUT2D eigenvalue weighted by Crippen LogP contribution is 2.33. The zero-order valence-electron chi connectivity index (χ0n) is 15.0. The molecule has 0 bridgehead atoms. The number of hydrogen-bond donors (Lipinski definition) is 1. The van der Waals surface area contributed by atoms with Gasteiger partial charge < -0.3 is 15.0 Å². The summed E-state index contributed by atoms with van der Waals surface area (Å²) in [5, 5.41) is 3.18. The Morgan fingerprint density at radius 1 is 1.20 bits per heavy atom. The first-order valence-electron chi connectivity index (χ1n) is 9.51. The van der Waals surface area contributed by atoms with Crippen molar-refractivity contribution in [3.8, 4) is 5.75 Å². The number of nitrogens with zero attached hydrogens (tertiary/aromatic N) is 1. The number of para-hydroxylation sites is 2. The summed E-state index contributed by atoms with van der Waals surface area (Å²) in [6.07, 6.45) is 7.28. The predicted molar refractivity (Wildman–Crippen MR) is 97.7 cm³/mol. The molecule has 0 aromatic heterocycles. The number of benzene rings is 1. The molecule has 1 saturated carbocycles. The molecule has 1 saturated heterocycles. The Morgan fingerprint density at radius 3 is 2.64 bits per heavy atom. The van der Waals surface area contributed by atoms with Crippen LogP contribution in [0.15, 0.2) is 24.3 Å². The van der Waals surface area contributed by atoms with E-state index in [9.17, 15) is 9.59 Å². The van der Waals surface area contributed by atoms with E-state index in [4.69, 9.17) is 4.74 Å². The van der Waals surface area contributed by atoms with Gasteiger partial charge in [-0.2, -0.15) is 0 Å². The van der Waals surface area contributed by atoms with Crippen LogP contribution < -0.4 is 15.0 Å². The second-order valence-electron chi connectivity index (χ2n) is 7.00. The van der Waals surface area contributed by atoms with E-state index in [1.807, 2.05) is 31.2 Å². The molecule has 1 heterocycles. The lowest BCUT2D eigenvalue weighted by Gasteiger charge is -2.21. The molecule has 2 amide bonds. The van der Waals surface area contributed by atoms with Gasteiger partial charge in [0.05, 0.1) is 18.2 Å². The number of nitrogens with one attached hydrogen (secondary N) is 1. The number of hydrogen-bond acceptors (Lipinski definition) is 3. The molecule has 0 spiro atoms. The van der Waals surface area contributed by atoms with Gasteiger partial charge in [0.25, 0.3) is 0 Å². The topological polar surface area (TPSA) is 58.6 Å². The van der Waals surface area contributed by atoms with Crippen LogP contribution in [0.2, 0.25) is 0 Å². The van der Waals surface area contributed by atoms with Crippen LogP contribution in [-0.2, 0) is 9.59 Å². The van der Waals surface area contributed by atoms with Gasteiger partial charge in [0, 0.05) is 19.0 Å². The highest BCUT2D eigenvalue weighted by atomic mass is 16.5. The molecule has 1 aromatic carbocycles. The maximum atomic E-state index is 12.6. The summed E-state index contributed by atoms with van der Waals surface area (Å²) < 4.78 is 5.63. The van der Waals surface area contributed by atoms with Crippen molar-refractivity contribution in [2.24, 2.45) is 5.92 Å². The van der Waals surface area contributed by atoms with Gasteiger partial charge in [0.1, 0.15) is 5.75 Å². The molecule has 5 heteroatoms. The minimum Gasteiger partial charge on any atom is -0.492 e. The highest BCUT2D eigenvalue weighted by molar-refractivity contribution is 6.01. The van der Waals surface area contributed by atoms with E-state index in [0.29, 0.717) is 18.9 Å². The lowest BCUT2D eigenvalue weighted by atomic mass is 10.0. The first-order chi connectivity index (χ1) is 12.2. The van der Waals surface area contributed by atoms with Crippen molar-refractivity contribution in [2.75, 3.05) is 18.1 Å². The van der Waals surface area contributed by atoms with Gasteiger partial charge in [-0.3, -0.25) is 9.59 Å². The van der Waals surface area contributed by atoms with E-state index >= 15 is 0 Å². The van der Waals surface area contributed by atoms with E-state index in [-0.39, 0.29) is 30.2 Å². The molecule has 0 radical (unpaired) electrons. The smallest absolute Gasteiger partial charge is 0.227 e. The number of carbonyl (C=O) groups excluding carboxylic acids is 2. The van der Waals surface area contributed by atoms with Crippen molar-refractivity contribution in [3.05, 3.63) is 24.3 Å². The summed E-state index contributed by atoms with van der Waals surface area (Å²) in [7, 11) is 0. The predicted octanol–water partition coefficient (Wildman–Crippen LogP) is 3.28. The summed E-state index contributed by atoms with van der Waals surface area (Å²) in [6, 6.07) is 7.81. The number of amides is 2. The first kappa shape index (κ1) is 17.8. The fourth-order valence-electron chi connectivity index (χ4n) is 3.82. The summed E-state index contributed by atoms with van der Waals surface area (Å²) >= 11 is 0. The summed E-state index contributed by atoms with van der Waals surface area (Å²) in [4.78, 5) is 26.8. The normalized spacial score (nSPS) is 21.9. The third kappa shape index (κ3) is 4.33. The maximum Gasteiger partial charge on any atom is 0.227 e. The van der Waals surface area contributed by atoms with Gasteiger partial charge >= 0.3 is 0 Å². The van der Waals surface area contributed by atoms with Gasteiger partial charge in [0.2, 0.25) is 11.8 Å². The van der Waals surface area contributed by atoms with Crippen molar-refractivity contribution in [3.63, 3.8) is 0 Å². The molecule has 0 unspecified atom stereocenters. The molecule has 1 atom stereocenters. The van der Waals surface area contributed by atoms with Gasteiger partial charge in [0.15, 0.2) is 0 Å². The number of carbonyl (C=O) groups is 2. The average molecular weight is 344 g/mol. The monoisotopic (exact) mass is 344 g/mol. The zero-order chi connectivity index (χ0) is 17.6. The van der Waals surface area contributed by atoms with Crippen LogP contribution in [0.25, 0.3) is 0 Å². The Labute approximate surface area is 149 Å². The van der Waals surface area contributed by atoms with Crippen molar-refractivity contribution >= 4 is 17.5 Å². The van der Waals surface area contributed by atoms with E-state index in [1.54, 1.807) is 4.90 Å². The second kappa shape index (κ2) is 8.37. The van der Waals surface area contributed by atoms with E-state index in [0.717, 1.165) is 18.5 Å². The van der Waals surface area contributed by atoms with Crippen molar-refractivity contribution < 1.29 is 14.3 Å². The Balaban J connectivity index is 1.64. The molecular formula is C20H28N2O3. The summed E-state index contributed by atoms with van der Waals surface area (Å²) in [5.74, 6) is 0.443. The van der Waals surface area contributed by atoms with Crippen molar-refractivity contribution in [1.29, 1.82) is 0 Å². The number of anilines is 1. The highest BCUT2D eigenvalue weighted by Gasteiger charge is 2.36. The van der Waals surface area contributed by atoms with E-state index in [2.05, 4.69) is 5.32 Å². The Bertz CT molecular complexity index is 609. The van der Waals surface area contributed by atoms with Gasteiger partial charge in [-0.15, -0.1) is 0 Å². The van der Waals surface area contributed by atoms with Gasteiger partial charge in [-0.1, -0.05) is 37.8 Å².